The van der Waals surface area contributed by atoms with Gasteiger partial charge in [0.25, 0.3) is 5.91 Å². The first-order valence-electron chi connectivity index (χ1n) is 6.90. The lowest BCUT2D eigenvalue weighted by Gasteiger charge is -2.38. The number of carbonyl (C=O) groups is 1. The smallest absolute Gasteiger partial charge is 0.289 e. The third kappa shape index (κ3) is 3.58. The van der Waals surface area contributed by atoms with Crippen molar-refractivity contribution in [3.8, 4) is 0 Å². The molecule has 2 rings (SSSR count). The van der Waals surface area contributed by atoms with Crippen LogP contribution in [0.25, 0.3) is 0 Å². The summed E-state index contributed by atoms with van der Waals surface area (Å²) in [5, 5.41) is 13.6. The van der Waals surface area contributed by atoms with E-state index in [4.69, 9.17) is 4.42 Å². The van der Waals surface area contributed by atoms with Crippen LogP contribution in [0.15, 0.2) is 22.8 Å². The molecule has 0 bridgehead atoms. The molecule has 1 saturated heterocycles. The van der Waals surface area contributed by atoms with Gasteiger partial charge in [-0.1, -0.05) is 6.92 Å². The highest BCUT2D eigenvalue weighted by Gasteiger charge is 2.34. The number of aliphatic hydroxyl groups is 1. The topological polar surface area (TPSA) is 65.7 Å². The zero-order valence-corrected chi connectivity index (χ0v) is 11.4. The maximum Gasteiger partial charge on any atom is 0.289 e. The maximum absolute atomic E-state index is 12.1. The minimum absolute atomic E-state index is 0.0893. The van der Waals surface area contributed by atoms with Crippen molar-refractivity contribution < 1.29 is 14.3 Å². The van der Waals surface area contributed by atoms with Gasteiger partial charge >= 0.3 is 0 Å². The number of hydrogen-bond acceptors (Lipinski definition) is 4. The first kappa shape index (κ1) is 14.1. The summed E-state index contributed by atoms with van der Waals surface area (Å²) in [5.41, 5.74) is -0.685. The molecule has 0 radical (unpaired) electrons. The van der Waals surface area contributed by atoms with Crippen LogP contribution in [-0.2, 0) is 0 Å². The quantitative estimate of drug-likeness (QED) is 0.787. The molecular formula is C14H22N2O3. The number of amides is 1. The van der Waals surface area contributed by atoms with Gasteiger partial charge in [-0.25, -0.2) is 0 Å². The lowest BCUT2D eigenvalue weighted by Crippen LogP contribution is -2.51. The molecule has 2 N–H and O–H groups in total. The average molecular weight is 266 g/mol. The molecule has 0 unspecified atom stereocenters. The van der Waals surface area contributed by atoms with Crippen molar-refractivity contribution in [2.24, 2.45) is 0 Å². The second kappa shape index (κ2) is 6.21. The van der Waals surface area contributed by atoms with Crippen LogP contribution >= 0.6 is 0 Å². The van der Waals surface area contributed by atoms with Crippen molar-refractivity contribution in [1.82, 2.24) is 10.2 Å². The molecule has 0 aromatic carbocycles. The Bertz CT molecular complexity index is 395. The molecule has 5 heteroatoms. The summed E-state index contributed by atoms with van der Waals surface area (Å²) in [6, 6.07) is 3.38. The van der Waals surface area contributed by atoms with Crippen molar-refractivity contribution in [2.75, 3.05) is 26.2 Å². The minimum atomic E-state index is -0.685. The van der Waals surface area contributed by atoms with E-state index in [9.17, 15) is 9.90 Å². The average Bonchev–Trinajstić information content (AvgIpc) is 2.93. The molecule has 1 aromatic rings. The van der Waals surface area contributed by atoms with Crippen molar-refractivity contribution in [2.45, 2.75) is 31.8 Å². The van der Waals surface area contributed by atoms with Crippen LogP contribution in [-0.4, -0.2) is 47.7 Å². The van der Waals surface area contributed by atoms with Gasteiger partial charge in [-0.2, -0.15) is 0 Å². The third-order valence-electron chi connectivity index (χ3n) is 3.59. The van der Waals surface area contributed by atoms with E-state index in [2.05, 4.69) is 12.2 Å². The molecule has 1 aliphatic heterocycles. The van der Waals surface area contributed by atoms with E-state index in [1.807, 2.05) is 0 Å². The summed E-state index contributed by atoms with van der Waals surface area (Å²) in [6.07, 6.45) is 3.77. The molecule has 1 aliphatic rings. The number of nitrogens with zero attached hydrogens (tertiary/aromatic N) is 1. The Morgan fingerprint density at radius 1 is 1.53 bits per heavy atom. The van der Waals surface area contributed by atoms with Gasteiger partial charge < -0.3 is 19.7 Å². The standard InChI is InChI=1S/C14H22N2O3/c1-2-7-15-11-14(18)5-8-16(9-6-14)13(17)12-4-3-10-19-12/h3-4,10,15,18H,2,5-9,11H2,1H3. The molecular weight excluding hydrogens is 244 g/mol. The molecule has 1 fully saturated rings. The predicted octanol–water partition coefficient (Wildman–Crippen LogP) is 1.25. The van der Waals surface area contributed by atoms with Crippen LogP contribution in [0.3, 0.4) is 0 Å². The van der Waals surface area contributed by atoms with Gasteiger partial charge in [-0.05, 0) is 37.9 Å². The lowest BCUT2D eigenvalue weighted by atomic mass is 9.91. The first-order chi connectivity index (χ1) is 9.14. The Labute approximate surface area is 113 Å². The highest BCUT2D eigenvalue weighted by atomic mass is 16.3. The van der Waals surface area contributed by atoms with Gasteiger partial charge in [-0.3, -0.25) is 4.79 Å². The number of piperidine rings is 1. The molecule has 2 heterocycles. The summed E-state index contributed by atoms with van der Waals surface area (Å²) in [6.45, 7) is 4.76. The van der Waals surface area contributed by atoms with E-state index in [0.717, 1.165) is 13.0 Å². The number of rotatable bonds is 5. The Kier molecular flexibility index (Phi) is 4.61. The van der Waals surface area contributed by atoms with E-state index < -0.39 is 5.60 Å². The van der Waals surface area contributed by atoms with E-state index in [-0.39, 0.29) is 5.91 Å². The van der Waals surface area contributed by atoms with Crippen LogP contribution in [0.1, 0.15) is 36.7 Å². The third-order valence-corrected chi connectivity index (χ3v) is 3.59. The zero-order valence-electron chi connectivity index (χ0n) is 11.4. The fourth-order valence-corrected chi connectivity index (χ4v) is 2.36. The molecule has 1 amide bonds. The van der Waals surface area contributed by atoms with Gasteiger partial charge in [0.05, 0.1) is 11.9 Å². The van der Waals surface area contributed by atoms with Gasteiger partial charge in [0, 0.05) is 19.6 Å². The summed E-state index contributed by atoms with van der Waals surface area (Å²) < 4.78 is 5.11. The number of hydrogen-bond donors (Lipinski definition) is 2. The van der Waals surface area contributed by atoms with Crippen molar-refractivity contribution >= 4 is 5.91 Å². The van der Waals surface area contributed by atoms with Gasteiger partial charge in [0.15, 0.2) is 5.76 Å². The molecule has 0 saturated carbocycles. The van der Waals surface area contributed by atoms with Crippen LogP contribution in [0, 0.1) is 0 Å². The maximum atomic E-state index is 12.1. The monoisotopic (exact) mass is 266 g/mol. The molecule has 0 atom stereocenters. The molecule has 0 aliphatic carbocycles. The molecule has 19 heavy (non-hydrogen) atoms. The van der Waals surface area contributed by atoms with Crippen molar-refractivity contribution in [1.29, 1.82) is 0 Å². The number of carbonyl (C=O) groups excluding carboxylic acids is 1. The SMILES string of the molecule is CCCNCC1(O)CCN(C(=O)c2ccco2)CC1. The van der Waals surface area contributed by atoms with Gasteiger partial charge in [-0.15, -0.1) is 0 Å². The zero-order chi connectivity index (χ0) is 13.7. The first-order valence-corrected chi connectivity index (χ1v) is 6.90. The van der Waals surface area contributed by atoms with Crippen molar-refractivity contribution in [3.63, 3.8) is 0 Å². The number of likely N-dealkylation sites (tertiary alicyclic amines) is 1. The fourth-order valence-electron chi connectivity index (χ4n) is 2.36. The number of nitrogens with one attached hydrogen (secondary N) is 1. The minimum Gasteiger partial charge on any atom is -0.459 e. The second-order valence-electron chi connectivity index (χ2n) is 5.17. The molecule has 5 nitrogen and oxygen atoms in total. The Morgan fingerprint density at radius 3 is 2.84 bits per heavy atom. The van der Waals surface area contributed by atoms with E-state index >= 15 is 0 Å². The molecule has 0 spiro atoms. The lowest BCUT2D eigenvalue weighted by molar-refractivity contribution is -0.0161. The summed E-state index contributed by atoms with van der Waals surface area (Å²) in [5.74, 6) is 0.281. The van der Waals surface area contributed by atoms with Crippen LogP contribution in [0.4, 0.5) is 0 Å². The second-order valence-corrected chi connectivity index (χ2v) is 5.17. The van der Waals surface area contributed by atoms with Crippen LogP contribution in [0.2, 0.25) is 0 Å². The Hall–Kier alpha value is -1.33. The molecule has 1 aromatic heterocycles. The van der Waals surface area contributed by atoms with E-state index in [1.165, 1.54) is 6.26 Å². The normalized spacial score (nSPS) is 18.5. The predicted molar refractivity (Wildman–Crippen MR) is 72.0 cm³/mol. The Balaban J connectivity index is 1.83. The molecule has 106 valence electrons. The summed E-state index contributed by atoms with van der Waals surface area (Å²) in [7, 11) is 0. The highest BCUT2D eigenvalue weighted by Crippen LogP contribution is 2.22. The Morgan fingerprint density at radius 2 is 2.26 bits per heavy atom. The summed E-state index contributed by atoms with van der Waals surface area (Å²) in [4.78, 5) is 13.8. The van der Waals surface area contributed by atoms with Gasteiger partial charge in [0.2, 0.25) is 0 Å². The van der Waals surface area contributed by atoms with Gasteiger partial charge in [0.1, 0.15) is 0 Å². The van der Waals surface area contributed by atoms with Crippen LogP contribution in [0.5, 0.6) is 0 Å². The van der Waals surface area contributed by atoms with Crippen molar-refractivity contribution in [3.05, 3.63) is 24.2 Å². The van der Waals surface area contributed by atoms with Crippen LogP contribution < -0.4 is 5.32 Å². The largest absolute Gasteiger partial charge is 0.459 e. The number of furan rings is 1. The van der Waals surface area contributed by atoms with E-state index in [0.29, 0.717) is 38.2 Å². The van der Waals surface area contributed by atoms with E-state index in [1.54, 1.807) is 17.0 Å². The fraction of sp³-hybridized carbons (Fsp3) is 0.643. The summed E-state index contributed by atoms with van der Waals surface area (Å²) >= 11 is 0. The highest BCUT2D eigenvalue weighted by molar-refractivity contribution is 5.91.